The Morgan fingerprint density at radius 2 is 0.443 bits per heavy atom. The zero-order valence-electron chi connectivity index (χ0n) is 75.1. The molecular formula is C124H72N16. The predicted octanol–water partition coefficient (Wildman–Crippen LogP) is 26.9. The Labute approximate surface area is 796 Å². The topological polar surface area (TPSA) is 172 Å². The molecule has 0 saturated carbocycles. The molecule has 16 nitrogen and oxygen atoms in total. The van der Waals surface area contributed by atoms with E-state index in [1.165, 1.54) is 183 Å². The number of rotatable bonds is 0. The number of hydrogen-bond donors (Lipinski definition) is 0. The molecule has 16 heteroatoms. The lowest BCUT2D eigenvalue weighted by molar-refractivity contribution is 1.24. The first-order chi connectivity index (χ1) is 69.4. The number of pyridine rings is 12. The summed E-state index contributed by atoms with van der Waals surface area (Å²) in [6, 6.07) is 93.5. The smallest absolute Gasteiger partial charge is 0.165 e. The van der Waals surface area contributed by atoms with Crippen molar-refractivity contribution in [1.29, 1.82) is 0 Å². The van der Waals surface area contributed by atoms with Crippen LogP contribution in [0.15, 0.2) is 342 Å². The second-order valence-electron chi connectivity index (χ2n) is 38.8. The number of nitrogens with zero attached hydrogens (tertiary/aromatic N) is 16. The first-order valence-corrected chi connectivity index (χ1v) is 48.1. The predicted molar refractivity (Wildman–Crippen MR) is 559 cm³/mol. The number of aromatic nitrogens is 16. The van der Waals surface area contributed by atoms with Gasteiger partial charge in [-0.1, -0.05) is 127 Å². The fraction of sp³-hybridized carbons (Fsp3) is 0.0645. The quantitative estimate of drug-likeness (QED) is 0.132. The molecular weight excluding hydrogens is 1710 g/mol. The van der Waals surface area contributed by atoms with Gasteiger partial charge in [0, 0.05) is 136 Å². The minimum atomic E-state index is 0.900. The lowest BCUT2D eigenvalue weighted by atomic mass is 9.98. The van der Waals surface area contributed by atoms with E-state index >= 15 is 0 Å². The van der Waals surface area contributed by atoms with Gasteiger partial charge >= 0.3 is 0 Å². The Hall–Kier alpha value is -18.3. The summed E-state index contributed by atoms with van der Waals surface area (Å²) >= 11 is 0. The van der Waals surface area contributed by atoms with Gasteiger partial charge in [-0.2, -0.15) is 0 Å². The van der Waals surface area contributed by atoms with Crippen molar-refractivity contribution in [3.63, 3.8) is 0 Å². The summed E-state index contributed by atoms with van der Waals surface area (Å²) in [6.45, 7) is 0. The molecule has 140 heavy (non-hydrogen) atoms. The molecule has 0 N–H and O–H groups in total. The lowest BCUT2D eigenvalue weighted by Gasteiger charge is -2.08. The van der Waals surface area contributed by atoms with Crippen molar-refractivity contribution >= 4 is 154 Å². The van der Waals surface area contributed by atoms with Gasteiger partial charge in [0.1, 0.15) is 22.5 Å². The lowest BCUT2D eigenvalue weighted by Crippen LogP contribution is -1.93. The molecule has 0 amide bonds. The Morgan fingerprint density at radius 1 is 0.157 bits per heavy atom. The summed E-state index contributed by atoms with van der Waals surface area (Å²) in [5.41, 5.74) is 63.0. The summed E-state index contributed by atoms with van der Waals surface area (Å²) in [5, 5.41) is 11.2. The highest BCUT2D eigenvalue weighted by atomic mass is 15.1. The highest BCUT2D eigenvalue weighted by Gasteiger charge is 2.36. The van der Waals surface area contributed by atoms with E-state index in [2.05, 4.69) is 290 Å². The zero-order chi connectivity index (χ0) is 90.7. The molecule has 0 bridgehead atoms. The van der Waals surface area contributed by atoms with E-state index in [1.54, 1.807) is 0 Å². The van der Waals surface area contributed by atoms with Crippen molar-refractivity contribution in [3.05, 3.63) is 431 Å². The third kappa shape index (κ3) is 10.3. The van der Waals surface area contributed by atoms with E-state index in [1.807, 2.05) is 98.9 Å². The summed E-state index contributed by atoms with van der Waals surface area (Å²) < 4.78 is 9.05. The maximum Gasteiger partial charge on any atom is 0.165 e. The molecule has 8 aliphatic rings. The van der Waals surface area contributed by atoms with Crippen LogP contribution in [0.2, 0.25) is 0 Å². The molecule has 28 aromatic rings. The van der Waals surface area contributed by atoms with Gasteiger partial charge in [-0.05, 0) is 336 Å². The molecule has 36 rings (SSSR count). The normalized spacial score (nSPS) is 13.5. The second kappa shape index (κ2) is 27.7. The van der Waals surface area contributed by atoms with Crippen molar-refractivity contribution in [2.75, 3.05) is 0 Å². The van der Waals surface area contributed by atoms with E-state index in [4.69, 9.17) is 29.9 Å². The van der Waals surface area contributed by atoms with Crippen LogP contribution in [-0.2, 0) is 51.4 Å². The van der Waals surface area contributed by atoms with Crippen LogP contribution >= 0.6 is 0 Å². The molecule has 0 saturated heterocycles. The highest BCUT2D eigenvalue weighted by Crippen LogP contribution is 2.54. The maximum atomic E-state index is 5.27. The maximum absolute atomic E-state index is 5.27. The number of imidazole rings is 4. The minimum absolute atomic E-state index is 0.900. The van der Waals surface area contributed by atoms with E-state index in [9.17, 15) is 0 Å². The molecule has 16 heterocycles. The molecule has 0 fully saturated rings. The molecule has 648 valence electrons. The van der Waals surface area contributed by atoms with Crippen molar-refractivity contribution in [2.45, 2.75) is 51.4 Å². The van der Waals surface area contributed by atoms with Crippen LogP contribution in [0.3, 0.4) is 0 Å². The average molecular weight is 1790 g/mol. The van der Waals surface area contributed by atoms with E-state index < -0.39 is 0 Å². The Morgan fingerprint density at radius 3 is 0.850 bits per heavy atom. The van der Waals surface area contributed by atoms with Gasteiger partial charge in [-0.3, -0.25) is 57.5 Å². The third-order valence-electron chi connectivity index (χ3n) is 31.9. The number of fused-ring (bicyclic) bond motifs is 60. The van der Waals surface area contributed by atoms with Gasteiger partial charge in [-0.25, -0.2) is 19.9 Å². The Bertz CT molecular complexity index is 9460. The van der Waals surface area contributed by atoms with E-state index in [0.29, 0.717) is 0 Å². The SMILES string of the molecule is c1ccc2c(c1)Cc1cc3c(cc1-2)Cc1c-3ccc2c1nc1c3cccnc3c3ccncc3n21.c1ccc2c(c1)Cc1cc3c(cc1-2)Cc1c-3ccc2c1nc1c3ccncc3c3ccncc3n21.c1ccc2c(c1)Cc1cc3c(cc1-2)Cc1c-3ccc2c1nc1c3cnccc3c3ccncc3n21.c1ccc2c(c1)Cc1cc3c(cc1-2)Cc1c-3ccc2c1nc1c3ncccc3c3ccncc3n21. The standard InChI is InChI=1S/4C31H18N4/c1-2-5-20-17(4-1)12-18-13-25-19(14-24(18)20)15-26-21(25)7-8-27-30(26)34-31-23-6-3-10-33-29(23)22-9-11-32-16-28(22)35(27)31;1-2-5-20-17(4-1)12-18-13-25-19(14-24(18)20)15-26-21(25)7-8-27-29(26)34-31-30-23(6-3-10-33-30)22-9-11-32-16-28(22)35(27)31;1-2-4-20-17(3-1)11-18-12-25-19(13-24(18)20)14-26-21(25)5-6-28-30(26)34-31-23-8-10-32-15-27(23)22-7-9-33-16-29(22)35(28)31;1-2-4-20-17(3-1)11-18-12-25-19(13-24(18)20)14-26-21(25)5-6-28-30(26)34-31-27-15-32-9-7-22(27)23-8-10-33-16-29(23)35(28)31/h2*1-11,13-14,16H,12,15H2;2*1-10,12-13,15-16H,11,14H2. The van der Waals surface area contributed by atoms with E-state index in [-0.39, 0.29) is 0 Å². The van der Waals surface area contributed by atoms with Crippen LogP contribution < -0.4 is 0 Å². The van der Waals surface area contributed by atoms with E-state index in [0.717, 1.165) is 200 Å². The monoisotopic (exact) mass is 1780 g/mol. The minimum Gasteiger partial charge on any atom is -0.290 e. The van der Waals surface area contributed by atoms with Crippen molar-refractivity contribution in [3.8, 4) is 89.0 Å². The van der Waals surface area contributed by atoms with Crippen LogP contribution in [0.1, 0.15) is 89.0 Å². The van der Waals surface area contributed by atoms with Crippen LogP contribution in [0, 0.1) is 0 Å². The van der Waals surface area contributed by atoms with Crippen LogP contribution in [0.25, 0.3) is 243 Å². The molecule has 8 aliphatic carbocycles. The fourth-order valence-electron chi connectivity index (χ4n) is 25.8. The molecule has 12 aromatic carbocycles. The van der Waals surface area contributed by atoms with Gasteiger partial charge in [-0.15, -0.1) is 0 Å². The van der Waals surface area contributed by atoms with Gasteiger partial charge in [0.05, 0.1) is 96.5 Å². The van der Waals surface area contributed by atoms with Gasteiger partial charge in [0.2, 0.25) is 0 Å². The van der Waals surface area contributed by atoms with Gasteiger partial charge in [0.15, 0.2) is 5.65 Å². The molecule has 0 radical (unpaired) electrons. The third-order valence-corrected chi connectivity index (χ3v) is 31.9. The van der Waals surface area contributed by atoms with Crippen LogP contribution in [0.4, 0.5) is 0 Å². The largest absolute Gasteiger partial charge is 0.290 e. The first kappa shape index (κ1) is 75.1. The Kier molecular flexibility index (Phi) is 14.9. The molecule has 0 atom stereocenters. The van der Waals surface area contributed by atoms with Gasteiger partial charge in [0.25, 0.3) is 0 Å². The van der Waals surface area contributed by atoms with Crippen molar-refractivity contribution < 1.29 is 0 Å². The summed E-state index contributed by atoms with van der Waals surface area (Å²) in [5.74, 6) is 0. The zero-order valence-corrected chi connectivity index (χ0v) is 75.1. The Balaban J connectivity index is 0.0000000829. The second-order valence-corrected chi connectivity index (χ2v) is 38.8. The number of hydrogen-bond acceptors (Lipinski definition) is 12. The molecule has 16 aromatic heterocycles. The fourth-order valence-corrected chi connectivity index (χ4v) is 25.8. The summed E-state index contributed by atoms with van der Waals surface area (Å²) in [6.07, 6.45) is 34.2. The molecule has 0 aliphatic heterocycles. The summed E-state index contributed by atoms with van der Waals surface area (Å²) in [7, 11) is 0. The highest BCUT2D eigenvalue weighted by molar-refractivity contribution is 6.18. The molecule has 0 spiro atoms. The van der Waals surface area contributed by atoms with Gasteiger partial charge < -0.3 is 0 Å². The average Bonchev–Trinajstić information content (AvgIpc) is 1.56. The first-order valence-electron chi connectivity index (χ1n) is 48.1. The van der Waals surface area contributed by atoms with Crippen LogP contribution in [-0.4, -0.2) is 77.4 Å². The summed E-state index contributed by atoms with van der Waals surface area (Å²) in [4.78, 5) is 57.1. The molecule has 0 unspecified atom stereocenters. The van der Waals surface area contributed by atoms with Crippen LogP contribution in [0.5, 0.6) is 0 Å². The number of benzene rings is 12. The van der Waals surface area contributed by atoms with Crippen molar-refractivity contribution in [2.24, 2.45) is 0 Å². The van der Waals surface area contributed by atoms with Crippen molar-refractivity contribution in [1.82, 2.24) is 77.4 Å².